The Hall–Kier alpha value is -1.68. The maximum atomic E-state index is 11.9. The zero-order chi connectivity index (χ0) is 15.0. The molecule has 0 spiro atoms. The topological polar surface area (TPSA) is 39.2 Å². The smallest absolute Gasteiger partial charge is 0.422 e. The third-order valence-corrected chi connectivity index (χ3v) is 2.70. The van der Waals surface area contributed by atoms with Gasteiger partial charge in [0.05, 0.1) is 0 Å². The van der Waals surface area contributed by atoms with E-state index in [-0.39, 0.29) is 11.0 Å². The van der Waals surface area contributed by atoms with Crippen LogP contribution in [0.3, 0.4) is 0 Å². The Morgan fingerprint density at radius 3 is 2.75 bits per heavy atom. The van der Waals surface area contributed by atoms with Crippen molar-refractivity contribution < 1.29 is 22.7 Å². The minimum absolute atomic E-state index is 0.0413. The number of rotatable bonds is 4. The molecule has 7 heteroatoms. The van der Waals surface area contributed by atoms with Crippen LogP contribution >= 0.6 is 11.8 Å². The lowest BCUT2D eigenvalue weighted by Crippen LogP contribution is -2.19. The van der Waals surface area contributed by atoms with Crippen LogP contribution in [0.1, 0.15) is 18.9 Å². The molecule has 0 saturated heterocycles. The number of aromatic nitrogens is 1. The molecule has 0 N–H and O–H groups in total. The first kappa shape index (κ1) is 16.4. The molecule has 108 valence electrons. The molecule has 0 saturated carbocycles. The van der Waals surface area contributed by atoms with Crippen LogP contribution in [0.4, 0.5) is 13.2 Å². The predicted molar refractivity (Wildman–Crippen MR) is 70.4 cm³/mol. The van der Waals surface area contributed by atoms with Crippen LogP contribution in [0.5, 0.6) is 5.88 Å². The van der Waals surface area contributed by atoms with Crippen molar-refractivity contribution in [1.82, 2.24) is 4.98 Å². The van der Waals surface area contributed by atoms with Crippen LogP contribution < -0.4 is 4.74 Å². The fourth-order valence-electron chi connectivity index (χ4n) is 1.11. The van der Waals surface area contributed by atoms with E-state index in [0.29, 0.717) is 17.7 Å². The van der Waals surface area contributed by atoms with Crippen LogP contribution in [0.2, 0.25) is 0 Å². The molecule has 20 heavy (non-hydrogen) atoms. The van der Waals surface area contributed by atoms with Crippen LogP contribution in [-0.2, 0) is 4.79 Å². The van der Waals surface area contributed by atoms with Gasteiger partial charge in [-0.3, -0.25) is 4.79 Å². The summed E-state index contributed by atoms with van der Waals surface area (Å²) in [6.45, 7) is 0.120. The van der Waals surface area contributed by atoms with Gasteiger partial charge < -0.3 is 4.74 Å². The highest BCUT2D eigenvalue weighted by atomic mass is 32.2. The summed E-state index contributed by atoms with van der Waals surface area (Å²) in [7, 11) is 0. The van der Waals surface area contributed by atoms with Crippen molar-refractivity contribution >= 4 is 16.9 Å². The summed E-state index contributed by atoms with van der Waals surface area (Å²) in [6, 6.07) is 2.86. The lowest BCUT2D eigenvalue weighted by Gasteiger charge is -2.07. The summed E-state index contributed by atoms with van der Waals surface area (Å²) in [5.41, 5.74) is 0.581. The minimum atomic E-state index is -4.38. The van der Waals surface area contributed by atoms with Gasteiger partial charge in [0.1, 0.15) is 0 Å². The number of hydrogen-bond donors (Lipinski definition) is 0. The molecule has 0 aliphatic rings. The molecule has 0 unspecified atom stereocenters. The Labute approximate surface area is 118 Å². The molecule has 1 rings (SSSR count). The highest BCUT2D eigenvalue weighted by Gasteiger charge is 2.28. The zero-order valence-electron chi connectivity index (χ0n) is 10.7. The van der Waals surface area contributed by atoms with Gasteiger partial charge in [-0.05, 0) is 6.07 Å². The first-order valence-electron chi connectivity index (χ1n) is 5.64. The first-order valence-corrected chi connectivity index (χ1v) is 6.63. The van der Waals surface area contributed by atoms with Crippen molar-refractivity contribution in [2.45, 2.75) is 19.5 Å². The van der Waals surface area contributed by atoms with Crippen molar-refractivity contribution in [3.05, 3.63) is 23.9 Å². The van der Waals surface area contributed by atoms with E-state index >= 15 is 0 Å². The third kappa shape index (κ3) is 7.69. The van der Waals surface area contributed by atoms with Gasteiger partial charge in [0.25, 0.3) is 0 Å². The highest BCUT2D eigenvalue weighted by molar-refractivity contribution is 8.13. The monoisotopic (exact) mass is 303 g/mol. The number of carbonyl (C=O) groups is 1. The Kier molecular flexibility index (Phi) is 6.39. The maximum Gasteiger partial charge on any atom is 0.422 e. The minimum Gasteiger partial charge on any atom is -0.468 e. The number of alkyl halides is 3. The van der Waals surface area contributed by atoms with Gasteiger partial charge in [0, 0.05) is 36.9 Å². The average Bonchev–Trinajstić information content (AvgIpc) is 2.36. The standard InChI is InChI=1S/C13H12F3NO2S/c1-10(18)20-7-3-2-4-11-5-6-12(17-8-11)19-9-13(14,15)16/h5-6,8H,3,7,9H2,1H3. The van der Waals surface area contributed by atoms with Crippen molar-refractivity contribution in [2.24, 2.45) is 0 Å². The molecule has 1 heterocycles. The van der Waals surface area contributed by atoms with Crippen LogP contribution in [0, 0.1) is 11.8 Å². The molecular formula is C13H12F3NO2S. The van der Waals surface area contributed by atoms with E-state index in [1.165, 1.54) is 37.0 Å². The summed E-state index contributed by atoms with van der Waals surface area (Å²) in [6.07, 6.45) is -2.48. The second-order valence-electron chi connectivity index (χ2n) is 3.68. The summed E-state index contributed by atoms with van der Waals surface area (Å²) in [5, 5.41) is 0.0413. The summed E-state index contributed by atoms with van der Waals surface area (Å²) in [5.74, 6) is 6.17. The zero-order valence-corrected chi connectivity index (χ0v) is 11.5. The lowest BCUT2D eigenvalue weighted by atomic mass is 10.3. The lowest BCUT2D eigenvalue weighted by molar-refractivity contribution is -0.154. The van der Waals surface area contributed by atoms with Gasteiger partial charge in [-0.15, -0.1) is 0 Å². The van der Waals surface area contributed by atoms with Gasteiger partial charge in [0.2, 0.25) is 5.88 Å². The third-order valence-electron chi connectivity index (χ3n) is 1.89. The van der Waals surface area contributed by atoms with Crippen molar-refractivity contribution in [3.8, 4) is 17.7 Å². The van der Waals surface area contributed by atoms with Crippen molar-refractivity contribution in [2.75, 3.05) is 12.4 Å². The first-order chi connectivity index (χ1) is 9.37. The van der Waals surface area contributed by atoms with Crippen LogP contribution in [0.15, 0.2) is 18.3 Å². The molecule has 0 bridgehead atoms. The maximum absolute atomic E-state index is 11.9. The summed E-state index contributed by atoms with van der Waals surface area (Å²) in [4.78, 5) is 14.4. The number of carbonyl (C=O) groups excluding carboxylic acids is 1. The quantitative estimate of drug-likeness (QED) is 0.633. The van der Waals surface area contributed by atoms with E-state index in [2.05, 4.69) is 21.6 Å². The Bertz CT molecular complexity index is 503. The van der Waals surface area contributed by atoms with E-state index in [1.807, 2.05) is 0 Å². The summed E-state index contributed by atoms with van der Waals surface area (Å²) >= 11 is 1.19. The van der Waals surface area contributed by atoms with Gasteiger partial charge in [-0.2, -0.15) is 13.2 Å². The number of pyridine rings is 1. The Morgan fingerprint density at radius 2 is 2.20 bits per heavy atom. The molecule has 0 aliphatic heterocycles. The van der Waals surface area contributed by atoms with Crippen molar-refractivity contribution in [3.63, 3.8) is 0 Å². The van der Waals surface area contributed by atoms with E-state index in [4.69, 9.17) is 0 Å². The second-order valence-corrected chi connectivity index (χ2v) is 4.95. The van der Waals surface area contributed by atoms with E-state index in [9.17, 15) is 18.0 Å². The molecule has 1 aromatic rings. The Morgan fingerprint density at radius 1 is 1.45 bits per heavy atom. The molecule has 1 aromatic heterocycles. The van der Waals surface area contributed by atoms with Gasteiger partial charge in [-0.25, -0.2) is 4.98 Å². The molecule has 0 amide bonds. The van der Waals surface area contributed by atoms with E-state index in [1.54, 1.807) is 0 Å². The summed E-state index contributed by atoms with van der Waals surface area (Å²) < 4.78 is 40.2. The molecule has 0 radical (unpaired) electrons. The SMILES string of the molecule is CC(=O)SCCC#Cc1ccc(OCC(F)(F)F)nc1. The van der Waals surface area contributed by atoms with Gasteiger partial charge in [-0.1, -0.05) is 23.6 Å². The second kappa shape index (κ2) is 7.80. The fraction of sp³-hybridized carbons (Fsp3) is 0.385. The number of ether oxygens (including phenoxy) is 1. The number of halogens is 3. The highest BCUT2D eigenvalue weighted by Crippen LogP contribution is 2.16. The largest absolute Gasteiger partial charge is 0.468 e. The molecule has 0 fully saturated rings. The molecule has 3 nitrogen and oxygen atoms in total. The van der Waals surface area contributed by atoms with Gasteiger partial charge >= 0.3 is 6.18 Å². The molecule has 0 aromatic carbocycles. The normalized spacial score (nSPS) is 10.6. The predicted octanol–water partition coefficient (Wildman–Crippen LogP) is 3.04. The molecular weight excluding hydrogens is 291 g/mol. The van der Waals surface area contributed by atoms with E-state index in [0.717, 1.165) is 0 Å². The van der Waals surface area contributed by atoms with Crippen LogP contribution in [0.25, 0.3) is 0 Å². The molecule has 0 atom stereocenters. The van der Waals surface area contributed by atoms with Crippen molar-refractivity contribution in [1.29, 1.82) is 0 Å². The van der Waals surface area contributed by atoms with Crippen LogP contribution in [-0.4, -0.2) is 28.6 Å². The Balaban J connectivity index is 2.42. The fourth-order valence-corrected chi connectivity index (χ4v) is 1.60. The van der Waals surface area contributed by atoms with E-state index < -0.39 is 12.8 Å². The number of hydrogen-bond acceptors (Lipinski definition) is 4. The van der Waals surface area contributed by atoms with Gasteiger partial charge in [0.15, 0.2) is 11.7 Å². The average molecular weight is 303 g/mol. The number of thioether (sulfide) groups is 1. The number of nitrogens with zero attached hydrogens (tertiary/aromatic N) is 1. The molecule has 0 aliphatic carbocycles.